The van der Waals surface area contributed by atoms with Crippen LogP contribution in [0.3, 0.4) is 0 Å². The molecule has 0 unspecified atom stereocenters. The van der Waals surface area contributed by atoms with Gasteiger partial charge in [-0.25, -0.2) is 9.97 Å². The maximum absolute atomic E-state index is 9.62. The predicted octanol–water partition coefficient (Wildman–Crippen LogP) is 7.42. The summed E-state index contributed by atoms with van der Waals surface area (Å²) >= 11 is 0. The Labute approximate surface area is 201 Å². The van der Waals surface area contributed by atoms with E-state index in [1.54, 1.807) is 0 Å². The quantitative estimate of drug-likeness (QED) is 0.260. The van der Waals surface area contributed by atoms with E-state index in [9.17, 15) is 5.26 Å². The van der Waals surface area contributed by atoms with Crippen LogP contribution in [0.5, 0.6) is 0 Å². The van der Waals surface area contributed by atoms with Gasteiger partial charge in [0.2, 0.25) is 0 Å². The lowest BCUT2D eigenvalue weighted by atomic mass is 10.1. The Morgan fingerprint density at radius 1 is 0.629 bits per heavy atom. The molecule has 0 amide bonds. The first-order valence-corrected chi connectivity index (χ1v) is 11.5. The van der Waals surface area contributed by atoms with Gasteiger partial charge in [-0.05, 0) is 29.7 Å². The van der Waals surface area contributed by atoms with Crippen molar-refractivity contribution in [2.75, 3.05) is 0 Å². The summed E-state index contributed by atoms with van der Waals surface area (Å²) in [4.78, 5) is 10.5. The predicted molar refractivity (Wildman–Crippen MR) is 142 cm³/mol. The third kappa shape index (κ3) is 2.92. The number of hydrogen-bond donors (Lipinski definition) is 0. The minimum absolute atomic E-state index is 0.613. The topological polar surface area (TPSA) is 54.5 Å². The maximum Gasteiger partial charge on any atom is 0.165 e. The standard InChI is InChI=1S/C31H18N4/c32-19-20-14-16-25-24-12-6-7-13-27(24)35(28(25)18-20)31-29(22-9-2-1-3-10-22)34-30-23-11-5-4-8-21(23)15-17-26(30)33-31/h1-18H. The molecule has 0 saturated carbocycles. The second kappa shape index (κ2) is 7.51. The van der Waals surface area contributed by atoms with Crippen molar-refractivity contribution in [2.24, 2.45) is 0 Å². The summed E-state index contributed by atoms with van der Waals surface area (Å²) in [5.41, 5.74) is 6.10. The van der Waals surface area contributed by atoms with Gasteiger partial charge in [-0.1, -0.05) is 84.9 Å². The number of benzene rings is 5. The number of nitrogens with zero attached hydrogens (tertiary/aromatic N) is 4. The molecule has 2 aromatic heterocycles. The van der Waals surface area contributed by atoms with Crippen LogP contribution in [0.4, 0.5) is 0 Å². The molecule has 0 atom stereocenters. The molecule has 7 aromatic rings. The first-order valence-electron chi connectivity index (χ1n) is 11.5. The summed E-state index contributed by atoms with van der Waals surface area (Å²) in [6.07, 6.45) is 0. The molecule has 162 valence electrons. The zero-order valence-electron chi connectivity index (χ0n) is 18.7. The molecule has 0 N–H and O–H groups in total. The summed E-state index contributed by atoms with van der Waals surface area (Å²) in [5.74, 6) is 0.750. The zero-order valence-corrected chi connectivity index (χ0v) is 18.7. The van der Waals surface area contributed by atoms with Gasteiger partial charge in [-0.2, -0.15) is 5.26 Å². The summed E-state index contributed by atoms with van der Waals surface area (Å²) in [5, 5.41) is 14.0. The van der Waals surface area contributed by atoms with Crippen LogP contribution >= 0.6 is 0 Å². The van der Waals surface area contributed by atoms with E-state index in [0.29, 0.717) is 5.56 Å². The Bertz CT molecular complexity index is 1960. The van der Waals surface area contributed by atoms with Crippen molar-refractivity contribution < 1.29 is 0 Å². The Hall–Kier alpha value is -5.01. The average molecular weight is 447 g/mol. The van der Waals surface area contributed by atoms with Crippen molar-refractivity contribution in [1.82, 2.24) is 14.5 Å². The van der Waals surface area contributed by atoms with Gasteiger partial charge in [-0.15, -0.1) is 0 Å². The van der Waals surface area contributed by atoms with Crippen molar-refractivity contribution in [3.8, 4) is 23.1 Å². The molecular weight excluding hydrogens is 428 g/mol. The van der Waals surface area contributed by atoms with Crippen LogP contribution in [0, 0.1) is 11.3 Å². The van der Waals surface area contributed by atoms with Gasteiger partial charge in [0, 0.05) is 21.7 Å². The van der Waals surface area contributed by atoms with Gasteiger partial charge in [0.1, 0.15) is 5.69 Å². The van der Waals surface area contributed by atoms with Gasteiger partial charge in [0.05, 0.1) is 33.7 Å². The van der Waals surface area contributed by atoms with Crippen LogP contribution < -0.4 is 0 Å². The molecule has 5 aromatic carbocycles. The van der Waals surface area contributed by atoms with E-state index < -0.39 is 0 Å². The lowest BCUT2D eigenvalue weighted by Gasteiger charge is -2.14. The Kier molecular flexibility index (Phi) is 4.18. The third-order valence-corrected chi connectivity index (χ3v) is 6.60. The van der Waals surface area contributed by atoms with Crippen LogP contribution in [0.25, 0.3) is 60.7 Å². The summed E-state index contributed by atoms with van der Waals surface area (Å²) in [7, 11) is 0. The number of nitriles is 1. The number of aromatic nitrogens is 3. The SMILES string of the molecule is N#Cc1ccc2c3ccccc3n(-c3nc4ccc5ccccc5c4nc3-c3ccccc3)c2c1. The fraction of sp³-hybridized carbons (Fsp3) is 0. The zero-order chi connectivity index (χ0) is 23.4. The molecule has 0 radical (unpaired) electrons. The second-order valence-electron chi connectivity index (χ2n) is 8.61. The molecular formula is C31H18N4. The Balaban J connectivity index is 1.68. The average Bonchev–Trinajstić information content (AvgIpc) is 3.26. The van der Waals surface area contributed by atoms with Crippen LogP contribution in [-0.4, -0.2) is 14.5 Å². The van der Waals surface area contributed by atoms with Crippen molar-refractivity contribution in [1.29, 1.82) is 5.26 Å². The van der Waals surface area contributed by atoms with Crippen molar-refractivity contribution in [2.45, 2.75) is 0 Å². The highest BCUT2D eigenvalue weighted by Gasteiger charge is 2.19. The van der Waals surface area contributed by atoms with Crippen LogP contribution in [-0.2, 0) is 0 Å². The van der Waals surface area contributed by atoms with E-state index in [4.69, 9.17) is 9.97 Å². The first kappa shape index (κ1) is 19.5. The van der Waals surface area contributed by atoms with Crippen molar-refractivity contribution >= 4 is 43.6 Å². The highest BCUT2D eigenvalue weighted by Crippen LogP contribution is 2.36. The minimum Gasteiger partial charge on any atom is -0.292 e. The Morgan fingerprint density at radius 3 is 2.23 bits per heavy atom. The van der Waals surface area contributed by atoms with E-state index in [2.05, 4.69) is 53.1 Å². The fourth-order valence-corrected chi connectivity index (χ4v) is 4.99. The van der Waals surface area contributed by atoms with Gasteiger partial charge >= 0.3 is 0 Å². The first-order chi connectivity index (χ1) is 17.3. The van der Waals surface area contributed by atoms with E-state index in [0.717, 1.165) is 60.7 Å². The summed E-state index contributed by atoms with van der Waals surface area (Å²) in [6, 6.07) is 39.0. The highest BCUT2D eigenvalue weighted by molar-refractivity contribution is 6.10. The third-order valence-electron chi connectivity index (χ3n) is 6.60. The molecule has 4 heteroatoms. The lowest BCUT2D eigenvalue weighted by Crippen LogP contribution is -2.04. The van der Waals surface area contributed by atoms with Gasteiger partial charge in [-0.3, -0.25) is 4.57 Å². The molecule has 0 aliphatic carbocycles. The number of fused-ring (bicyclic) bond motifs is 6. The van der Waals surface area contributed by atoms with E-state index in [1.165, 1.54) is 0 Å². The molecule has 2 heterocycles. The molecule has 7 rings (SSSR count). The van der Waals surface area contributed by atoms with Crippen LogP contribution in [0.1, 0.15) is 5.56 Å². The van der Waals surface area contributed by atoms with Gasteiger partial charge in [0.25, 0.3) is 0 Å². The van der Waals surface area contributed by atoms with E-state index >= 15 is 0 Å². The second-order valence-corrected chi connectivity index (χ2v) is 8.61. The molecule has 0 fully saturated rings. The van der Waals surface area contributed by atoms with Crippen molar-refractivity contribution in [3.05, 3.63) is 115 Å². The summed E-state index contributed by atoms with van der Waals surface area (Å²) in [6.45, 7) is 0. The van der Waals surface area contributed by atoms with Gasteiger partial charge < -0.3 is 0 Å². The highest BCUT2D eigenvalue weighted by atomic mass is 15.1. The van der Waals surface area contributed by atoms with E-state index in [1.807, 2.05) is 66.7 Å². The molecule has 35 heavy (non-hydrogen) atoms. The minimum atomic E-state index is 0.613. The van der Waals surface area contributed by atoms with E-state index in [-0.39, 0.29) is 0 Å². The molecule has 0 spiro atoms. The summed E-state index contributed by atoms with van der Waals surface area (Å²) < 4.78 is 2.15. The van der Waals surface area contributed by atoms with Crippen molar-refractivity contribution in [3.63, 3.8) is 0 Å². The monoisotopic (exact) mass is 446 g/mol. The molecule has 0 aliphatic rings. The van der Waals surface area contributed by atoms with Crippen LogP contribution in [0.15, 0.2) is 109 Å². The molecule has 0 saturated heterocycles. The molecule has 4 nitrogen and oxygen atoms in total. The largest absolute Gasteiger partial charge is 0.292 e. The molecule has 0 bridgehead atoms. The number of hydrogen-bond acceptors (Lipinski definition) is 3. The van der Waals surface area contributed by atoms with Crippen LogP contribution in [0.2, 0.25) is 0 Å². The van der Waals surface area contributed by atoms with Gasteiger partial charge in [0.15, 0.2) is 5.82 Å². The normalized spacial score (nSPS) is 11.4. The lowest BCUT2D eigenvalue weighted by molar-refractivity contribution is 1.08. The number of para-hydroxylation sites is 1. The molecule has 0 aliphatic heterocycles. The Morgan fingerprint density at radius 2 is 1.37 bits per heavy atom. The smallest absolute Gasteiger partial charge is 0.165 e. The fourth-order valence-electron chi connectivity index (χ4n) is 4.99. The maximum atomic E-state index is 9.62. The number of rotatable bonds is 2.